The molecule has 1 heterocycles. The Labute approximate surface area is 148 Å². The fraction of sp³-hybridized carbons (Fsp3) is 0.176. The lowest BCUT2D eigenvalue weighted by atomic mass is 10.2. The van der Waals surface area contributed by atoms with E-state index in [2.05, 4.69) is 10.2 Å². The molecule has 0 radical (unpaired) electrons. The number of aromatic nitrogens is 2. The molecule has 0 bridgehead atoms. The lowest BCUT2D eigenvalue weighted by Gasteiger charge is -2.07. The zero-order chi connectivity index (χ0) is 16.8. The molecule has 3 rings (SSSR count). The zero-order valence-electron chi connectivity index (χ0n) is 12.9. The van der Waals surface area contributed by atoms with Crippen molar-refractivity contribution in [2.75, 3.05) is 7.11 Å². The van der Waals surface area contributed by atoms with E-state index in [0.29, 0.717) is 22.6 Å². The van der Waals surface area contributed by atoms with Crippen molar-refractivity contribution in [3.63, 3.8) is 0 Å². The highest BCUT2D eigenvalue weighted by atomic mass is 35.5. The van der Waals surface area contributed by atoms with Gasteiger partial charge in [-0.2, -0.15) is 0 Å². The third kappa shape index (κ3) is 4.43. The molecule has 124 valence electrons. The second-order valence-corrected chi connectivity index (χ2v) is 6.18. The largest absolute Gasteiger partial charge is 0.493 e. The minimum Gasteiger partial charge on any atom is -0.493 e. The van der Waals surface area contributed by atoms with E-state index >= 15 is 0 Å². The molecule has 0 aliphatic heterocycles. The Hall–Kier alpha value is -2.18. The van der Waals surface area contributed by atoms with Gasteiger partial charge in [-0.05, 0) is 29.8 Å². The van der Waals surface area contributed by atoms with Crippen LogP contribution in [-0.4, -0.2) is 17.3 Å². The van der Waals surface area contributed by atoms with Crippen LogP contribution in [0.4, 0.5) is 0 Å². The van der Waals surface area contributed by atoms with Gasteiger partial charge in [-0.1, -0.05) is 47.6 Å². The molecular formula is C17H15ClN2O3S. The topological polar surface area (TPSA) is 57.4 Å². The van der Waals surface area contributed by atoms with Crippen LogP contribution in [0.5, 0.6) is 11.5 Å². The maximum Gasteiger partial charge on any atom is 0.277 e. The van der Waals surface area contributed by atoms with Crippen LogP contribution < -0.4 is 9.47 Å². The maximum absolute atomic E-state index is 5.87. The molecule has 5 nitrogen and oxygen atoms in total. The van der Waals surface area contributed by atoms with Crippen molar-refractivity contribution in [1.82, 2.24) is 10.2 Å². The van der Waals surface area contributed by atoms with Gasteiger partial charge in [0.25, 0.3) is 11.1 Å². The van der Waals surface area contributed by atoms with E-state index in [9.17, 15) is 0 Å². The number of benzene rings is 2. The normalized spacial score (nSPS) is 10.6. The molecule has 24 heavy (non-hydrogen) atoms. The highest BCUT2D eigenvalue weighted by molar-refractivity contribution is 7.98. The molecule has 2 aromatic carbocycles. The zero-order valence-corrected chi connectivity index (χ0v) is 14.5. The summed E-state index contributed by atoms with van der Waals surface area (Å²) in [7, 11) is 1.60. The Morgan fingerprint density at radius 1 is 1.04 bits per heavy atom. The van der Waals surface area contributed by atoms with Crippen molar-refractivity contribution in [2.24, 2.45) is 0 Å². The van der Waals surface area contributed by atoms with Crippen molar-refractivity contribution >= 4 is 23.4 Å². The van der Waals surface area contributed by atoms with E-state index in [1.54, 1.807) is 7.11 Å². The summed E-state index contributed by atoms with van der Waals surface area (Å²) in [6, 6.07) is 15.1. The number of hydrogen-bond acceptors (Lipinski definition) is 6. The molecule has 0 atom stereocenters. The lowest BCUT2D eigenvalue weighted by molar-refractivity contribution is 0.241. The molecule has 0 fully saturated rings. The fourth-order valence-corrected chi connectivity index (χ4v) is 2.82. The first-order valence-electron chi connectivity index (χ1n) is 7.20. The molecule has 0 aliphatic carbocycles. The first kappa shape index (κ1) is 16.7. The maximum atomic E-state index is 5.87. The summed E-state index contributed by atoms with van der Waals surface area (Å²) in [4.78, 5) is 0. The molecule has 1 aromatic heterocycles. The average Bonchev–Trinajstić information content (AvgIpc) is 3.07. The van der Waals surface area contributed by atoms with Gasteiger partial charge in [-0.25, -0.2) is 0 Å². The second-order valence-electron chi connectivity index (χ2n) is 4.82. The average molecular weight is 363 g/mol. The van der Waals surface area contributed by atoms with Crippen LogP contribution in [0.3, 0.4) is 0 Å². The van der Waals surface area contributed by atoms with E-state index in [1.165, 1.54) is 11.8 Å². The van der Waals surface area contributed by atoms with Gasteiger partial charge in [-0.3, -0.25) is 0 Å². The molecular weight excluding hydrogens is 348 g/mol. The van der Waals surface area contributed by atoms with E-state index in [-0.39, 0.29) is 6.61 Å². The Bertz CT molecular complexity index is 793. The van der Waals surface area contributed by atoms with Crippen molar-refractivity contribution in [1.29, 1.82) is 0 Å². The predicted octanol–water partition coefficient (Wildman–Crippen LogP) is 4.60. The van der Waals surface area contributed by atoms with Crippen LogP contribution in [-0.2, 0) is 12.4 Å². The molecule has 0 saturated carbocycles. The number of methoxy groups -OCH3 is 1. The van der Waals surface area contributed by atoms with E-state index in [1.807, 2.05) is 48.5 Å². The van der Waals surface area contributed by atoms with Crippen LogP contribution in [0, 0.1) is 0 Å². The summed E-state index contributed by atoms with van der Waals surface area (Å²) in [5.74, 6) is 2.44. The summed E-state index contributed by atoms with van der Waals surface area (Å²) in [6.07, 6.45) is 0. The highest BCUT2D eigenvalue weighted by Crippen LogP contribution is 2.27. The van der Waals surface area contributed by atoms with Gasteiger partial charge >= 0.3 is 0 Å². The van der Waals surface area contributed by atoms with Crippen LogP contribution in [0.2, 0.25) is 5.02 Å². The molecule has 0 aliphatic rings. The molecule has 0 unspecified atom stereocenters. The van der Waals surface area contributed by atoms with E-state index in [0.717, 1.165) is 16.3 Å². The van der Waals surface area contributed by atoms with Gasteiger partial charge in [-0.15, -0.1) is 10.2 Å². The second kappa shape index (κ2) is 8.08. The van der Waals surface area contributed by atoms with Crippen molar-refractivity contribution in [3.05, 3.63) is 65.0 Å². The quantitative estimate of drug-likeness (QED) is 0.572. The van der Waals surface area contributed by atoms with Gasteiger partial charge in [0.1, 0.15) is 0 Å². The monoisotopic (exact) mass is 362 g/mol. The Morgan fingerprint density at radius 2 is 1.79 bits per heavy atom. The lowest BCUT2D eigenvalue weighted by Crippen LogP contribution is -1.97. The van der Waals surface area contributed by atoms with Gasteiger partial charge in [0.2, 0.25) is 0 Å². The molecule has 7 heteroatoms. The third-order valence-corrected chi connectivity index (χ3v) is 4.29. The minimum absolute atomic E-state index is 0.189. The van der Waals surface area contributed by atoms with Crippen LogP contribution in [0.25, 0.3) is 0 Å². The standard InChI is InChI=1S/C17H15ClN2O3S/c1-21-14-4-2-3-5-15(14)22-10-16-19-20-17(23-16)24-11-12-6-8-13(18)9-7-12/h2-9H,10-11H2,1H3. The number of hydrogen-bond donors (Lipinski definition) is 0. The number of halogens is 1. The highest BCUT2D eigenvalue weighted by Gasteiger charge is 2.09. The van der Waals surface area contributed by atoms with Gasteiger partial charge in [0, 0.05) is 10.8 Å². The molecule has 0 N–H and O–H groups in total. The minimum atomic E-state index is 0.189. The first-order chi connectivity index (χ1) is 11.7. The fourth-order valence-electron chi connectivity index (χ4n) is 1.96. The summed E-state index contributed by atoms with van der Waals surface area (Å²) >= 11 is 7.33. The SMILES string of the molecule is COc1ccccc1OCc1nnc(SCc2ccc(Cl)cc2)o1. The van der Waals surface area contributed by atoms with Crippen molar-refractivity contribution < 1.29 is 13.9 Å². The van der Waals surface area contributed by atoms with Gasteiger partial charge < -0.3 is 13.9 Å². The summed E-state index contributed by atoms with van der Waals surface area (Å²) < 4.78 is 16.5. The van der Waals surface area contributed by atoms with Crippen LogP contribution in [0.15, 0.2) is 58.2 Å². The van der Waals surface area contributed by atoms with Gasteiger partial charge in [0.05, 0.1) is 7.11 Å². The van der Waals surface area contributed by atoms with Crippen LogP contribution in [0.1, 0.15) is 11.5 Å². The smallest absolute Gasteiger partial charge is 0.277 e. The Balaban J connectivity index is 1.54. The third-order valence-electron chi connectivity index (χ3n) is 3.14. The predicted molar refractivity (Wildman–Crippen MR) is 92.6 cm³/mol. The summed E-state index contributed by atoms with van der Waals surface area (Å²) in [5, 5.41) is 9.22. The van der Waals surface area contributed by atoms with Crippen LogP contribution >= 0.6 is 23.4 Å². The number of thioether (sulfide) groups is 1. The van der Waals surface area contributed by atoms with Gasteiger partial charge in [0.15, 0.2) is 18.1 Å². The molecule has 0 spiro atoms. The van der Waals surface area contributed by atoms with Crippen molar-refractivity contribution in [3.8, 4) is 11.5 Å². The van der Waals surface area contributed by atoms with Crippen molar-refractivity contribution in [2.45, 2.75) is 17.6 Å². The number of rotatable bonds is 7. The number of ether oxygens (including phenoxy) is 2. The Morgan fingerprint density at radius 3 is 2.54 bits per heavy atom. The summed E-state index contributed by atoms with van der Waals surface area (Å²) in [5.41, 5.74) is 1.13. The molecule has 0 amide bonds. The van der Waals surface area contributed by atoms with E-state index in [4.69, 9.17) is 25.5 Å². The summed E-state index contributed by atoms with van der Waals surface area (Å²) in [6.45, 7) is 0.189. The Kier molecular flexibility index (Phi) is 5.61. The number of nitrogens with zero attached hydrogens (tertiary/aromatic N) is 2. The number of para-hydroxylation sites is 2. The van der Waals surface area contributed by atoms with E-state index < -0.39 is 0 Å². The molecule has 3 aromatic rings. The molecule has 0 saturated heterocycles. The first-order valence-corrected chi connectivity index (χ1v) is 8.56.